The lowest BCUT2D eigenvalue weighted by atomic mass is 10.1. The molecule has 0 aliphatic carbocycles. The number of alkyl carbamates (subject to hydrolysis) is 1. The number of benzene rings is 2. The first kappa shape index (κ1) is 40.8. The van der Waals surface area contributed by atoms with Crippen molar-refractivity contribution in [1.29, 1.82) is 0 Å². The average Bonchev–Trinajstić information content (AvgIpc) is 3.62. The zero-order valence-electron chi connectivity index (χ0n) is 26.3. The molecule has 1 fully saturated rings. The number of amides is 1. The normalized spacial score (nSPS) is 14.6. The molecule has 2 aromatic carbocycles. The number of carbonyl (C=O) groups excluding carboxylic acids is 2. The van der Waals surface area contributed by atoms with Crippen LogP contribution in [0.1, 0.15) is 56.1 Å². The lowest BCUT2D eigenvalue weighted by Crippen LogP contribution is -2.32. The maximum atomic E-state index is 11.4. The highest BCUT2D eigenvalue weighted by molar-refractivity contribution is 7.99. The topological polar surface area (TPSA) is 241 Å². The van der Waals surface area contributed by atoms with Gasteiger partial charge in [-0.25, -0.2) is 4.79 Å². The molecule has 3 atom stereocenters. The average molecular weight is 679 g/mol. The fourth-order valence-electron chi connectivity index (χ4n) is 3.70. The van der Waals surface area contributed by atoms with Crippen LogP contribution >= 0.6 is 11.8 Å². The highest BCUT2D eigenvalue weighted by atomic mass is 32.2. The van der Waals surface area contributed by atoms with Crippen molar-refractivity contribution in [2.24, 2.45) is 11.5 Å². The number of nitrogens with two attached hydrogens (primary N) is 2. The van der Waals surface area contributed by atoms with Crippen LogP contribution in [0.3, 0.4) is 0 Å². The van der Waals surface area contributed by atoms with Crippen molar-refractivity contribution in [3.63, 3.8) is 0 Å². The van der Waals surface area contributed by atoms with Crippen LogP contribution in [0.15, 0.2) is 60.7 Å². The van der Waals surface area contributed by atoms with Gasteiger partial charge in [0.1, 0.15) is 31.3 Å². The predicted octanol–water partition coefficient (Wildman–Crippen LogP) is 2.93. The summed E-state index contributed by atoms with van der Waals surface area (Å²) in [5.74, 6) is -1.54. The van der Waals surface area contributed by atoms with Crippen LogP contribution in [-0.2, 0) is 41.9 Å². The number of rotatable bonds is 17. The summed E-state index contributed by atoms with van der Waals surface area (Å²) in [6.07, 6.45) is 3.10. The van der Waals surface area contributed by atoms with Crippen molar-refractivity contribution in [2.75, 3.05) is 18.2 Å². The van der Waals surface area contributed by atoms with Crippen LogP contribution < -0.4 is 22.1 Å². The molecule has 1 saturated heterocycles. The van der Waals surface area contributed by atoms with Crippen molar-refractivity contribution in [3.8, 4) is 0 Å². The smallest absolute Gasteiger partial charge is 0.407 e. The zero-order valence-corrected chi connectivity index (χ0v) is 27.1. The van der Waals surface area contributed by atoms with E-state index >= 15 is 0 Å². The second-order valence-corrected chi connectivity index (χ2v) is 11.4. The molecule has 1 amide bonds. The van der Waals surface area contributed by atoms with E-state index in [9.17, 15) is 24.0 Å². The molecule has 47 heavy (non-hydrogen) atoms. The monoisotopic (exact) mass is 678 g/mol. The molecule has 260 valence electrons. The van der Waals surface area contributed by atoms with Crippen LogP contribution in [0.5, 0.6) is 0 Å². The Hall–Kier alpha value is -4.18. The summed E-state index contributed by atoms with van der Waals surface area (Å²) in [5, 5.41) is 30.9. The fraction of sp³-hybridized carbons (Fsp3) is 0.469. The fourth-order valence-corrected chi connectivity index (χ4v) is 4.63. The number of thioether (sulfide) groups is 1. The maximum Gasteiger partial charge on any atom is 0.407 e. The van der Waals surface area contributed by atoms with E-state index in [1.807, 2.05) is 60.7 Å². The van der Waals surface area contributed by atoms with E-state index in [1.54, 1.807) is 11.8 Å². The number of unbranched alkanes of at least 4 members (excludes halogenated alkanes) is 2. The van der Waals surface area contributed by atoms with Crippen molar-refractivity contribution in [2.45, 2.75) is 76.3 Å². The Morgan fingerprint density at radius 2 is 1.30 bits per heavy atom. The molecule has 15 heteroatoms. The van der Waals surface area contributed by atoms with Crippen LogP contribution in [-0.4, -0.2) is 81.6 Å². The highest BCUT2D eigenvalue weighted by Crippen LogP contribution is 2.09. The van der Waals surface area contributed by atoms with Gasteiger partial charge in [0.15, 0.2) is 0 Å². The maximum absolute atomic E-state index is 11.4. The molecule has 0 bridgehead atoms. The first-order chi connectivity index (χ1) is 22.5. The number of nitrogens with one attached hydrogen (secondary N) is 2. The van der Waals surface area contributed by atoms with Gasteiger partial charge in [-0.3, -0.25) is 24.5 Å². The standard InChI is InChI=1S/C14H20N2O4.C14H19NO4.C4H7NO2S/c15-12(13(17)18)8-4-5-9-16-14(19)20-10-11-6-2-1-3-7-11;15-12(14(17)18)8-4-5-9-13(16)19-10-11-6-2-1-3-7-11;6-4(7)3-1-8-2-5-3/h1-3,6-7,12H,4-5,8-10,15H2,(H,16,19)(H,17,18);1-3,6-7,12H,4-5,8-10,15H2,(H,17,18);3,5H,1-2H2,(H,6,7)/t2*12-;3-/m000/s1. The molecular weight excluding hydrogens is 632 g/mol. The van der Waals surface area contributed by atoms with Crippen molar-refractivity contribution < 1.29 is 48.8 Å². The number of hydrogen-bond donors (Lipinski definition) is 7. The Bertz CT molecular complexity index is 1200. The number of carboxylic acid groups (broad SMARTS) is 3. The summed E-state index contributed by atoms with van der Waals surface area (Å²) in [4.78, 5) is 53.9. The third kappa shape index (κ3) is 21.3. The van der Waals surface area contributed by atoms with Gasteiger partial charge in [0.25, 0.3) is 0 Å². The molecule has 1 heterocycles. The molecule has 3 rings (SSSR count). The lowest BCUT2D eigenvalue weighted by Gasteiger charge is -2.08. The third-order valence-electron chi connectivity index (χ3n) is 6.46. The molecule has 1 aliphatic heterocycles. The Kier molecular flexibility index (Phi) is 21.7. The van der Waals surface area contributed by atoms with Gasteiger partial charge < -0.3 is 41.6 Å². The van der Waals surface area contributed by atoms with E-state index in [4.69, 9.17) is 36.3 Å². The van der Waals surface area contributed by atoms with Gasteiger partial charge >= 0.3 is 30.0 Å². The number of aliphatic carboxylic acids is 3. The molecule has 14 nitrogen and oxygen atoms in total. The summed E-state index contributed by atoms with van der Waals surface area (Å²) in [7, 11) is 0. The number of ether oxygens (including phenoxy) is 2. The van der Waals surface area contributed by atoms with E-state index in [1.165, 1.54) is 0 Å². The molecule has 0 saturated carbocycles. The summed E-state index contributed by atoms with van der Waals surface area (Å²) in [6, 6.07) is 16.9. The first-order valence-corrected chi connectivity index (χ1v) is 16.3. The summed E-state index contributed by atoms with van der Waals surface area (Å²) in [5.41, 5.74) is 12.6. The number of hydrogen-bond acceptors (Lipinski definition) is 11. The SMILES string of the molecule is N[C@@H](CCCCC(=O)OCc1ccccc1)C(=O)O.N[C@@H](CCCCNC(=O)OCc1ccccc1)C(=O)O.O=C(O)[C@@H]1CSCN1. The molecule has 0 spiro atoms. The second-order valence-electron chi connectivity index (χ2n) is 10.4. The first-order valence-electron chi connectivity index (χ1n) is 15.1. The molecule has 2 aromatic rings. The van der Waals surface area contributed by atoms with E-state index in [0.29, 0.717) is 57.2 Å². The van der Waals surface area contributed by atoms with Gasteiger partial charge in [-0.2, -0.15) is 0 Å². The molecule has 0 aromatic heterocycles. The van der Waals surface area contributed by atoms with Crippen LogP contribution in [0.2, 0.25) is 0 Å². The number of esters is 1. The molecular formula is C32H46N4O10S. The van der Waals surface area contributed by atoms with Crippen molar-refractivity contribution >= 4 is 41.7 Å². The molecule has 0 unspecified atom stereocenters. The van der Waals surface area contributed by atoms with Crippen LogP contribution in [0, 0.1) is 0 Å². The number of carboxylic acids is 3. The second kappa shape index (κ2) is 25.0. The quantitative estimate of drug-likeness (QED) is 0.0940. The van der Waals surface area contributed by atoms with E-state index in [-0.39, 0.29) is 25.2 Å². The Morgan fingerprint density at radius 1 is 0.787 bits per heavy atom. The third-order valence-corrected chi connectivity index (χ3v) is 7.40. The lowest BCUT2D eigenvalue weighted by molar-refractivity contribution is -0.145. The van der Waals surface area contributed by atoms with E-state index in [2.05, 4.69) is 10.6 Å². The summed E-state index contributed by atoms with van der Waals surface area (Å²) < 4.78 is 10.1. The highest BCUT2D eigenvalue weighted by Gasteiger charge is 2.20. The largest absolute Gasteiger partial charge is 0.480 e. The van der Waals surface area contributed by atoms with Crippen molar-refractivity contribution in [3.05, 3.63) is 71.8 Å². The van der Waals surface area contributed by atoms with E-state index in [0.717, 1.165) is 17.0 Å². The summed E-state index contributed by atoms with van der Waals surface area (Å²) in [6.45, 7) is 0.949. The summed E-state index contributed by atoms with van der Waals surface area (Å²) >= 11 is 1.62. The van der Waals surface area contributed by atoms with Gasteiger partial charge in [-0.1, -0.05) is 67.1 Å². The molecule has 9 N–H and O–H groups in total. The van der Waals surface area contributed by atoms with Gasteiger partial charge in [0, 0.05) is 24.6 Å². The Labute approximate surface area is 278 Å². The minimum atomic E-state index is -1.01. The van der Waals surface area contributed by atoms with Crippen molar-refractivity contribution in [1.82, 2.24) is 10.6 Å². The van der Waals surface area contributed by atoms with Gasteiger partial charge in [-0.05, 0) is 43.2 Å². The van der Waals surface area contributed by atoms with Gasteiger partial charge in [0.2, 0.25) is 0 Å². The Morgan fingerprint density at radius 3 is 1.74 bits per heavy atom. The predicted molar refractivity (Wildman–Crippen MR) is 176 cm³/mol. The van der Waals surface area contributed by atoms with E-state index < -0.39 is 36.1 Å². The Balaban J connectivity index is 0.000000382. The minimum Gasteiger partial charge on any atom is -0.480 e. The molecule has 0 radical (unpaired) electrons. The van der Waals surface area contributed by atoms with Gasteiger partial charge in [0.05, 0.1) is 0 Å². The zero-order chi connectivity index (χ0) is 34.9. The molecule has 1 aliphatic rings. The number of carbonyl (C=O) groups is 5. The minimum absolute atomic E-state index is 0.233. The van der Waals surface area contributed by atoms with Crippen LogP contribution in [0.4, 0.5) is 4.79 Å². The van der Waals surface area contributed by atoms with Crippen LogP contribution in [0.25, 0.3) is 0 Å². The van der Waals surface area contributed by atoms with Gasteiger partial charge in [-0.15, -0.1) is 11.8 Å².